The average Bonchev–Trinajstić information content (AvgIpc) is 2.89. The normalized spacial score (nSPS) is 14.3. The Hall–Kier alpha value is -3.88. The summed E-state index contributed by atoms with van der Waals surface area (Å²) in [7, 11) is 0. The van der Waals surface area contributed by atoms with Gasteiger partial charge in [-0.1, -0.05) is 37.3 Å². The minimum atomic E-state index is -4.80. The molecule has 0 spiro atoms. The Morgan fingerprint density at radius 1 is 1.07 bits per heavy atom. The van der Waals surface area contributed by atoms with Gasteiger partial charge in [-0.05, 0) is 85.5 Å². The molecular weight excluding hydrogens is 519 g/mol. The van der Waals surface area contributed by atoms with Crippen molar-refractivity contribution in [3.8, 4) is 16.9 Å². The zero-order valence-corrected chi connectivity index (χ0v) is 23.1. The molecule has 0 saturated heterocycles. The Balaban J connectivity index is 1.67. The van der Waals surface area contributed by atoms with E-state index in [-0.39, 0.29) is 30.0 Å². The van der Waals surface area contributed by atoms with Gasteiger partial charge in [-0.2, -0.15) is 0 Å². The second-order valence-electron chi connectivity index (χ2n) is 11.2. The SMILES string of the molecule is CC(CCC(=O)c1ccc(-c2cccc(OC(F)(F)F)c2)c2c1CN(C(=O)NC(C)(C)C)CC2)c1cccnc1. The number of pyridine rings is 1. The fourth-order valence-electron chi connectivity index (χ4n) is 4.96. The van der Waals surface area contributed by atoms with Gasteiger partial charge in [0, 0.05) is 43.0 Å². The number of hydrogen-bond acceptors (Lipinski definition) is 4. The number of ketones is 1. The second kappa shape index (κ2) is 11.7. The molecule has 0 fully saturated rings. The molecule has 3 aromatic rings. The Morgan fingerprint density at radius 3 is 2.52 bits per heavy atom. The van der Waals surface area contributed by atoms with Gasteiger partial charge in [0.25, 0.3) is 0 Å². The fraction of sp³-hybridized carbons (Fsp3) is 0.387. The van der Waals surface area contributed by atoms with Gasteiger partial charge in [0.05, 0.1) is 0 Å². The molecule has 1 aliphatic heterocycles. The van der Waals surface area contributed by atoms with E-state index in [1.807, 2.05) is 32.9 Å². The van der Waals surface area contributed by atoms with E-state index in [9.17, 15) is 22.8 Å². The van der Waals surface area contributed by atoms with Crippen molar-refractivity contribution in [2.24, 2.45) is 0 Å². The van der Waals surface area contributed by atoms with E-state index in [4.69, 9.17) is 0 Å². The number of ether oxygens (including phenoxy) is 1. The average molecular weight is 554 g/mol. The molecule has 6 nitrogen and oxygen atoms in total. The van der Waals surface area contributed by atoms with Gasteiger partial charge in [-0.15, -0.1) is 13.2 Å². The third-order valence-corrected chi connectivity index (χ3v) is 6.92. The molecular formula is C31H34F3N3O3. The molecule has 2 heterocycles. The lowest BCUT2D eigenvalue weighted by Crippen LogP contribution is -2.50. The van der Waals surface area contributed by atoms with Crippen LogP contribution in [0.2, 0.25) is 0 Å². The van der Waals surface area contributed by atoms with Crippen LogP contribution >= 0.6 is 0 Å². The van der Waals surface area contributed by atoms with Crippen LogP contribution in [0, 0.1) is 0 Å². The fourth-order valence-corrected chi connectivity index (χ4v) is 4.96. The molecule has 1 atom stereocenters. The number of amides is 2. The number of alkyl halides is 3. The highest BCUT2D eigenvalue weighted by molar-refractivity contribution is 5.99. The van der Waals surface area contributed by atoms with Crippen molar-refractivity contribution < 1.29 is 27.5 Å². The maximum absolute atomic E-state index is 13.5. The first kappa shape index (κ1) is 29.1. The predicted molar refractivity (Wildman–Crippen MR) is 147 cm³/mol. The molecule has 0 bridgehead atoms. The molecule has 2 amide bonds. The van der Waals surface area contributed by atoms with Crippen LogP contribution in [-0.2, 0) is 13.0 Å². The second-order valence-corrected chi connectivity index (χ2v) is 11.2. The van der Waals surface area contributed by atoms with Crippen molar-refractivity contribution in [1.29, 1.82) is 0 Å². The minimum absolute atomic E-state index is 0.0363. The standard InChI is InChI=1S/C31H34F3N3O3/c1-20(22-8-6-15-35-18-22)10-13-28(38)26-12-11-24(21-7-5-9-23(17-21)40-31(32,33)34)25-14-16-37(19-27(25)26)29(39)36-30(2,3)4/h5-9,11-12,15,17-18,20H,10,13-14,16,19H2,1-4H3,(H,36,39). The van der Waals surface area contributed by atoms with Gasteiger partial charge in [0.2, 0.25) is 0 Å². The first-order valence-corrected chi connectivity index (χ1v) is 13.3. The number of nitrogens with one attached hydrogen (secondary N) is 1. The summed E-state index contributed by atoms with van der Waals surface area (Å²) in [4.78, 5) is 32.4. The number of carbonyl (C=O) groups is 2. The van der Waals surface area contributed by atoms with Crippen molar-refractivity contribution >= 4 is 11.8 Å². The van der Waals surface area contributed by atoms with E-state index in [0.717, 1.165) is 22.3 Å². The van der Waals surface area contributed by atoms with Crippen molar-refractivity contribution in [2.45, 2.75) is 71.3 Å². The van der Waals surface area contributed by atoms with Crippen LogP contribution in [0.25, 0.3) is 11.1 Å². The molecule has 9 heteroatoms. The number of nitrogens with zero attached hydrogens (tertiary/aromatic N) is 2. The highest BCUT2D eigenvalue weighted by atomic mass is 19.4. The van der Waals surface area contributed by atoms with E-state index in [1.165, 1.54) is 18.2 Å². The molecule has 0 saturated carbocycles. The van der Waals surface area contributed by atoms with Crippen molar-refractivity contribution in [2.75, 3.05) is 6.54 Å². The van der Waals surface area contributed by atoms with Crippen molar-refractivity contribution in [3.63, 3.8) is 0 Å². The third-order valence-electron chi connectivity index (χ3n) is 6.92. The van der Waals surface area contributed by atoms with E-state index >= 15 is 0 Å². The van der Waals surface area contributed by atoms with Gasteiger partial charge in [0.1, 0.15) is 5.75 Å². The van der Waals surface area contributed by atoms with Crippen LogP contribution in [0.3, 0.4) is 0 Å². The quantitative estimate of drug-likeness (QED) is 0.312. The molecule has 4 rings (SSSR count). The highest BCUT2D eigenvalue weighted by Gasteiger charge is 2.32. The number of hydrogen-bond donors (Lipinski definition) is 1. The topological polar surface area (TPSA) is 71.5 Å². The van der Waals surface area contributed by atoms with Crippen molar-refractivity contribution in [3.05, 3.63) is 83.2 Å². The lowest BCUT2D eigenvalue weighted by atomic mass is 9.85. The van der Waals surface area contributed by atoms with Crippen LogP contribution in [0.5, 0.6) is 5.75 Å². The monoisotopic (exact) mass is 553 g/mol. The zero-order valence-electron chi connectivity index (χ0n) is 23.1. The summed E-state index contributed by atoms with van der Waals surface area (Å²) >= 11 is 0. The number of aromatic nitrogens is 1. The number of carbonyl (C=O) groups excluding carboxylic acids is 2. The summed E-state index contributed by atoms with van der Waals surface area (Å²) in [5, 5.41) is 2.98. The molecule has 0 radical (unpaired) electrons. The maximum atomic E-state index is 13.5. The van der Waals surface area contributed by atoms with E-state index in [1.54, 1.807) is 35.5 Å². The summed E-state index contributed by atoms with van der Waals surface area (Å²) in [6.07, 6.45) is 0.106. The third kappa shape index (κ3) is 7.40. The Kier molecular flexibility index (Phi) is 8.51. The first-order valence-electron chi connectivity index (χ1n) is 13.3. The lowest BCUT2D eigenvalue weighted by molar-refractivity contribution is -0.274. The van der Waals surface area contributed by atoms with Gasteiger partial charge in [0.15, 0.2) is 5.78 Å². The van der Waals surface area contributed by atoms with Crippen LogP contribution in [0.4, 0.5) is 18.0 Å². The van der Waals surface area contributed by atoms with Gasteiger partial charge < -0.3 is 15.0 Å². The zero-order chi connectivity index (χ0) is 29.1. The number of Topliss-reactive ketones (excluding diaryl/α,β-unsaturated/α-hetero) is 1. The summed E-state index contributed by atoms with van der Waals surface area (Å²) in [5.41, 5.74) is 4.02. The molecule has 212 valence electrons. The summed E-state index contributed by atoms with van der Waals surface area (Å²) in [6.45, 7) is 8.39. The molecule has 1 aliphatic rings. The number of benzene rings is 2. The maximum Gasteiger partial charge on any atom is 0.573 e. The van der Waals surface area contributed by atoms with E-state index < -0.39 is 11.9 Å². The summed E-state index contributed by atoms with van der Waals surface area (Å²) < 4.78 is 42.7. The van der Waals surface area contributed by atoms with Crippen LogP contribution in [-0.4, -0.2) is 40.1 Å². The van der Waals surface area contributed by atoms with Crippen LogP contribution in [0.15, 0.2) is 60.9 Å². The Labute approximate surface area is 232 Å². The van der Waals surface area contributed by atoms with Crippen LogP contribution in [0.1, 0.15) is 73.5 Å². The smallest absolute Gasteiger partial charge is 0.406 e. The van der Waals surface area contributed by atoms with Gasteiger partial charge in [-0.25, -0.2) is 4.79 Å². The van der Waals surface area contributed by atoms with Crippen molar-refractivity contribution in [1.82, 2.24) is 15.2 Å². The highest BCUT2D eigenvalue weighted by Crippen LogP contribution is 2.36. The minimum Gasteiger partial charge on any atom is -0.406 e. The predicted octanol–water partition coefficient (Wildman–Crippen LogP) is 7.28. The van der Waals surface area contributed by atoms with Gasteiger partial charge >= 0.3 is 12.4 Å². The molecule has 2 aromatic carbocycles. The van der Waals surface area contributed by atoms with E-state index in [2.05, 4.69) is 22.0 Å². The largest absolute Gasteiger partial charge is 0.573 e. The first-order chi connectivity index (χ1) is 18.8. The van der Waals surface area contributed by atoms with Crippen LogP contribution < -0.4 is 10.1 Å². The Bertz CT molecular complexity index is 1370. The molecule has 1 unspecified atom stereocenters. The van der Waals surface area contributed by atoms with E-state index in [0.29, 0.717) is 36.9 Å². The summed E-state index contributed by atoms with van der Waals surface area (Å²) in [6, 6.07) is 13.0. The molecule has 1 aromatic heterocycles. The molecule has 0 aliphatic carbocycles. The molecule has 40 heavy (non-hydrogen) atoms. The molecule has 1 N–H and O–H groups in total. The lowest BCUT2D eigenvalue weighted by Gasteiger charge is -2.34. The number of rotatable bonds is 7. The number of urea groups is 1. The number of halogens is 3. The Morgan fingerprint density at radius 2 is 1.85 bits per heavy atom. The number of fused-ring (bicyclic) bond motifs is 1. The van der Waals surface area contributed by atoms with Gasteiger partial charge in [-0.3, -0.25) is 9.78 Å². The summed E-state index contributed by atoms with van der Waals surface area (Å²) in [5.74, 6) is -0.214.